The molecule has 0 aliphatic rings. The number of nitrogens with one attached hydrogen (secondary N) is 1. The van der Waals surface area contributed by atoms with Gasteiger partial charge < -0.3 is 0 Å². The Hall–Kier alpha value is -1.66. The molecule has 0 saturated carbocycles. The third kappa shape index (κ3) is 3.02. The number of halogens is 2. The molecule has 2 rings (SSSR count). The van der Waals surface area contributed by atoms with Crippen LogP contribution in [-0.2, 0) is 10.0 Å². The minimum absolute atomic E-state index is 0.136. The summed E-state index contributed by atoms with van der Waals surface area (Å²) in [5.74, 6) is -0.897. The zero-order chi connectivity index (χ0) is 14.0. The van der Waals surface area contributed by atoms with E-state index in [1.54, 1.807) is 6.92 Å². The summed E-state index contributed by atoms with van der Waals surface area (Å²) in [7, 11) is -3.99. The van der Waals surface area contributed by atoms with Crippen molar-refractivity contribution in [3.63, 3.8) is 0 Å². The molecule has 0 amide bonds. The first kappa shape index (κ1) is 13.8. The Kier molecular flexibility index (Phi) is 3.73. The summed E-state index contributed by atoms with van der Waals surface area (Å²) < 4.78 is 40.1. The lowest BCUT2D eigenvalue weighted by molar-refractivity contribution is 0.570. The van der Waals surface area contributed by atoms with E-state index < -0.39 is 20.7 Å². The van der Waals surface area contributed by atoms with Gasteiger partial charge in [0.05, 0.1) is 5.69 Å². The van der Waals surface area contributed by atoms with Crippen LogP contribution in [-0.4, -0.2) is 13.4 Å². The maximum Gasteiger partial charge on any atom is 0.264 e. The average molecular weight is 301 g/mol. The lowest BCUT2D eigenvalue weighted by Crippen LogP contribution is -2.15. The van der Waals surface area contributed by atoms with E-state index in [2.05, 4.69) is 9.71 Å². The zero-order valence-corrected chi connectivity index (χ0v) is 11.5. The molecule has 0 aliphatic heterocycles. The van der Waals surface area contributed by atoms with Gasteiger partial charge in [-0.15, -0.1) is 0 Å². The molecule has 0 radical (unpaired) electrons. The first-order chi connectivity index (χ1) is 8.90. The van der Waals surface area contributed by atoms with Gasteiger partial charge in [-0.3, -0.25) is 9.71 Å². The van der Waals surface area contributed by atoms with E-state index in [-0.39, 0.29) is 5.02 Å². The molecule has 0 bridgehead atoms. The van der Waals surface area contributed by atoms with E-state index >= 15 is 0 Å². The van der Waals surface area contributed by atoms with Gasteiger partial charge >= 0.3 is 0 Å². The quantitative estimate of drug-likeness (QED) is 0.948. The van der Waals surface area contributed by atoms with Crippen molar-refractivity contribution in [2.75, 3.05) is 4.72 Å². The number of aromatic nitrogens is 1. The van der Waals surface area contributed by atoms with Crippen molar-refractivity contribution < 1.29 is 12.8 Å². The number of sulfonamides is 1. The van der Waals surface area contributed by atoms with Gasteiger partial charge in [0.2, 0.25) is 0 Å². The third-order valence-corrected chi connectivity index (χ3v) is 4.08. The second-order valence-corrected chi connectivity index (χ2v) is 5.96. The summed E-state index contributed by atoms with van der Waals surface area (Å²) in [6.45, 7) is 1.70. The Balaban J connectivity index is 2.41. The van der Waals surface area contributed by atoms with Crippen molar-refractivity contribution in [2.45, 2.75) is 11.8 Å². The summed E-state index contributed by atoms with van der Waals surface area (Å²) in [6.07, 6.45) is 2.96. The predicted molar refractivity (Wildman–Crippen MR) is 71.2 cm³/mol. The fourth-order valence-electron chi connectivity index (χ4n) is 1.48. The van der Waals surface area contributed by atoms with Crippen molar-refractivity contribution in [3.05, 3.63) is 53.1 Å². The van der Waals surface area contributed by atoms with Crippen LogP contribution in [0.2, 0.25) is 5.02 Å². The number of pyridine rings is 1. The van der Waals surface area contributed by atoms with Crippen LogP contribution < -0.4 is 4.72 Å². The molecule has 0 spiro atoms. The molecule has 1 N–H and O–H groups in total. The highest BCUT2D eigenvalue weighted by molar-refractivity contribution is 7.92. The topological polar surface area (TPSA) is 59.1 Å². The van der Waals surface area contributed by atoms with Gasteiger partial charge in [0.25, 0.3) is 10.0 Å². The molecule has 0 saturated heterocycles. The van der Waals surface area contributed by atoms with Gasteiger partial charge in [-0.25, -0.2) is 12.8 Å². The Morgan fingerprint density at radius 2 is 2.05 bits per heavy atom. The molecule has 7 heteroatoms. The fourth-order valence-corrected chi connectivity index (χ4v) is 2.83. The van der Waals surface area contributed by atoms with Crippen LogP contribution in [0.1, 0.15) is 5.56 Å². The van der Waals surface area contributed by atoms with Crippen LogP contribution in [0.15, 0.2) is 41.6 Å². The van der Waals surface area contributed by atoms with Crippen LogP contribution in [0, 0.1) is 12.7 Å². The molecular weight excluding hydrogens is 291 g/mol. The second kappa shape index (κ2) is 5.14. The molecular formula is C12H10ClFN2O2S. The van der Waals surface area contributed by atoms with Gasteiger partial charge in [0, 0.05) is 17.4 Å². The summed E-state index contributed by atoms with van der Waals surface area (Å²) in [5.41, 5.74) is 0.991. The standard InChI is InChI=1S/C12H10ClFN2O2S/c1-8-7-15-5-4-11(8)16-19(17,18)12-3-2-9(13)6-10(12)14/h2-7H,1H3,(H,15,16). The summed E-state index contributed by atoms with van der Waals surface area (Å²) >= 11 is 5.59. The van der Waals surface area contributed by atoms with Crippen molar-refractivity contribution >= 4 is 27.3 Å². The Morgan fingerprint density at radius 3 is 2.68 bits per heavy atom. The summed E-state index contributed by atoms with van der Waals surface area (Å²) in [6, 6.07) is 4.89. The zero-order valence-electron chi connectivity index (χ0n) is 9.89. The van der Waals surface area contributed by atoms with Crippen molar-refractivity contribution in [1.82, 2.24) is 4.98 Å². The molecule has 0 atom stereocenters. The molecule has 19 heavy (non-hydrogen) atoms. The maximum atomic E-state index is 13.6. The number of hydrogen-bond donors (Lipinski definition) is 1. The third-order valence-electron chi connectivity index (χ3n) is 2.45. The second-order valence-electron chi connectivity index (χ2n) is 3.87. The van der Waals surface area contributed by atoms with Crippen LogP contribution in [0.3, 0.4) is 0 Å². The Morgan fingerprint density at radius 1 is 1.32 bits per heavy atom. The van der Waals surface area contributed by atoms with E-state index in [0.717, 1.165) is 12.1 Å². The van der Waals surface area contributed by atoms with Crippen LogP contribution in [0.4, 0.5) is 10.1 Å². The number of rotatable bonds is 3. The largest absolute Gasteiger partial charge is 0.279 e. The van der Waals surface area contributed by atoms with E-state index in [1.807, 2.05) is 0 Å². The van der Waals surface area contributed by atoms with Crippen LogP contribution in [0.25, 0.3) is 0 Å². The number of anilines is 1. The monoisotopic (exact) mass is 300 g/mol. The first-order valence-electron chi connectivity index (χ1n) is 5.28. The number of benzene rings is 1. The summed E-state index contributed by atoms with van der Waals surface area (Å²) in [5, 5.41) is 0.136. The molecule has 0 unspecified atom stereocenters. The van der Waals surface area contributed by atoms with E-state index in [4.69, 9.17) is 11.6 Å². The molecule has 4 nitrogen and oxygen atoms in total. The van der Waals surface area contributed by atoms with Gasteiger partial charge in [-0.1, -0.05) is 11.6 Å². The SMILES string of the molecule is Cc1cnccc1NS(=O)(=O)c1ccc(Cl)cc1F. The lowest BCUT2D eigenvalue weighted by atomic mass is 10.3. The van der Waals surface area contributed by atoms with E-state index in [9.17, 15) is 12.8 Å². The smallest absolute Gasteiger partial charge is 0.264 e. The normalized spacial score (nSPS) is 11.3. The highest BCUT2D eigenvalue weighted by atomic mass is 35.5. The predicted octanol–water partition coefficient (Wildman–Crippen LogP) is 2.98. The van der Waals surface area contributed by atoms with Crippen molar-refractivity contribution in [1.29, 1.82) is 0 Å². The average Bonchev–Trinajstić information content (AvgIpc) is 2.31. The molecule has 2 aromatic rings. The minimum atomic E-state index is -3.99. The molecule has 1 heterocycles. The highest BCUT2D eigenvalue weighted by Gasteiger charge is 2.19. The molecule has 1 aromatic heterocycles. The summed E-state index contributed by atoms with van der Waals surface area (Å²) in [4.78, 5) is 3.40. The Labute approximate surface area is 115 Å². The number of nitrogens with zero attached hydrogens (tertiary/aromatic N) is 1. The number of aryl methyl sites for hydroxylation is 1. The molecule has 1 aromatic carbocycles. The van der Waals surface area contributed by atoms with Gasteiger partial charge in [-0.05, 0) is 36.8 Å². The van der Waals surface area contributed by atoms with Gasteiger partial charge in [0.1, 0.15) is 10.7 Å². The minimum Gasteiger partial charge on any atom is -0.279 e. The Bertz CT molecular complexity index is 719. The first-order valence-corrected chi connectivity index (χ1v) is 7.15. The number of hydrogen-bond acceptors (Lipinski definition) is 3. The molecule has 100 valence electrons. The highest BCUT2D eigenvalue weighted by Crippen LogP contribution is 2.22. The fraction of sp³-hybridized carbons (Fsp3) is 0.0833. The van der Waals surface area contributed by atoms with E-state index in [0.29, 0.717) is 11.3 Å². The van der Waals surface area contributed by atoms with Crippen LogP contribution >= 0.6 is 11.6 Å². The van der Waals surface area contributed by atoms with Crippen LogP contribution in [0.5, 0.6) is 0 Å². The van der Waals surface area contributed by atoms with Gasteiger partial charge in [-0.2, -0.15) is 0 Å². The van der Waals surface area contributed by atoms with E-state index in [1.165, 1.54) is 24.5 Å². The lowest BCUT2D eigenvalue weighted by Gasteiger charge is -2.10. The maximum absolute atomic E-state index is 13.6. The molecule has 0 aliphatic carbocycles. The van der Waals surface area contributed by atoms with Crippen molar-refractivity contribution in [2.24, 2.45) is 0 Å². The van der Waals surface area contributed by atoms with Gasteiger partial charge in [0.15, 0.2) is 0 Å². The van der Waals surface area contributed by atoms with Crippen molar-refractivity contribution in [3.8, 4) is 0 Å². The molecule has 0 fully saturated rings.